The molecular formula is C13H17FN4S. The molecule has 2 rings (SSSR count). The number of hydrogen-bond acceptors (Lipinski definition) is 4. The fraction of sp³-hybridized carbons (Fsp3) is 0.385. The fourth-order valence-electron chi connectivity index (χ4n) is 1.71. The molecule has 0 amide bonds. The zero-order chi connectivity index (χ0) is 13.7. The highest BCUT2D eigenvalue weighted by Gasteiger charge is 2.10. The number of halogens is 1. The van der Waals surface area contributed by atoms with E-state index in [1.807, 2.05) is 20.3 Å². The van der Waals surface area contributed by atoms with Crippen LogP contribution in [0.15, 0.2) is 35.4 Å². The molecule has 0 radical (unpaired) electrons. The quantitative estimate of drug-likeness (QED) is 0.820. The van der Waals surface area contributed by atoms with Crippen molar-refractivity contribution in [1.82, 2.24) is 20.3 Å². The maximum atomic E-state index is 12.8. The minimum atomic E-state index is -0.200. The average molecular weight is 280 g/mol. The van der Waals surface area contributed by atoms with Gasteiger partial charge in [-0.3, -0.25) is 4.68 Å². The van der Waals surface area contributed by atoms with Crippen molar-refractivity contribution >= 4 is 11.8 Å². The number of hydrogen-bond donors (Lipinski definition) is 1. The van der Waals surface area contributed by atoms with Crippen molar-refractivity contribution < 1.29 is 4.39 Å². The Balaban J connectivity index is 1.87. The summed E-state index contributed by atoms with van der Waals surface area (Å²) in [7, 11) is 3.80. The average Bonchev–Trinajstić information content (AvgIpc) is 2.82. The van der Waals surface area contributed by atoms with Gasteiger partial charge in [-0.1, -0.05) is 5.21 Å². The normalized spacial score (nSPS) is 12.6. The lowest BCUT2D eigenvalue weighted by Crippen LogP contribution is -2.30. The van der Waals surface area contributed by atoms with Crippen LogP contribution in [0.3, 0.4) is 0 Å². The molecule has 0 bridgehead atoms. The van der Waals surface area contributed by atoms with Gasteiger partial charge in [0.1, 0.15) is 5.82 Å². The van der Waals surface area contributed by atoms with Gasteiger partial charge in [0.2, 0.25) is 0 Å². The van der Waals surface area contributed by atoms with Crippen molar-refractivity contribution in [1.29, 1.82) is 0 Å². The highest BCUT2D eigenvalue weighted by atomic mass is 32.2. The Morgan fingerprint density at radius 2 is 2.11 bits per heavy atom. The summed E-state index contributed by atoms with van der Waals surface area (Å²) in [5.74, 6) is 0.702. The Hall–Kier alpha value is -1.40. The fourth-order valence-corrected chi connectivity index (χ4v) is 2.72. The summed E-state index contributed by atoms with van der Waals surface area (Å²) in [6, 6.07) is 6.88. The van der Waals surface area contributed by atoms with Crippen LogP contribution < -0.4 is 5.32 Å². The van der Waals surface area contributed by atoms with Crippen LogP contribution >= 0.6 is 11.8 Å². The van der Waals surface area contributed by atoms with Crippen LogP contribution in [0.1, 0.15) is 5.69 Å². The number of aromatic nitrogens is 3. The summed E-state index contributed by atoms with van der Waals surface area (Å²) >= 11 is 1.70. The minimum Gasteiger partial charge on any atom is -0.316 e. The van der Waals surface area contributed by atoms with Crippen molar-refractivity contribution in [2.45, 2.75) is 17.4 Å². The molecular weight excluding hydrogens is 263 g/mol. The number of likely N-dealkylation sites (N-methyl/N-ethyl adjacent to an activating group) is 1. The van der Waals surface area contributed by atoms with Crippen molar-refractivity contribution in [2.75, 3.05) is 12.8 Å². The van der Waals surface area contributed by atoms with Gasteiger partial charge in [0.25, 0.3) is 0 Å². The molecule has 4 nitrogen and oxygen atoms in total. The molecule has 0 aliphatic heterocycles. The molecule has 1 N–H and O–H groups in total. The largest absolute Gasteiger partial charge is 0.316 e. The lowest BCUT2D eigenvalue weighted by atomic mass is 10.2. The molecule has 6 heteroatoms. The van der Waals surface area contributed by atoms with E-state index in [9.17, 15) is 4.39 Å². The van der Waals surface area contributed by atoms with Crippen LogP contribution in [0, 0.1) is 5.82 Å². The van der Waals surface area contributed by atoms with E-state index in [1.165, 1.54) is 12.1 Å². The summed E-state index contributed by atoms with van der Waals surface area (Å²) in [6.07, 6.45) is 2.76. The Morgan fingerprint density at radius 3 is 2.68 bits per heavy atom. The molecule has 0 saturated heterocycles. The summed E-state index contributed by atoms with van der Waals surface area (Å²) in [4.78, 5) is 1.07. The molecule has 2 aromatic rings. The van der Waals surface area contributed by atoms with Crippen molar-refractivity contribution in [3.8, 4) is 0 Å². The molecule has 0 saturated carbocycles. The van der Waals surface area contributed by atoms with E-state index < -0.39 is 0 Å². The zero-order valence-electron chi connectivity index (χ0n) is 11.0. The molecule has 1 atom stereocenters. The number of rotatable bonds is 6. The molecule has 1 unspecified atom stereocenters. The first-order valence-corrected chi connectivity index (χ1v) is 7.07. The molecule has 102 valence electrons. The van der Waals surface area contributed by atoms with Gasteiger partial charge in [-0.25, -0.2) is 4.39 Å². The standard InChI is InChI=1S/C13H17FN4S/c1-15-12(7-11-8-18(2)17-16-11)9-19-13-5-3-10(14)4-6-13/h3-6,8,12,15H,7,9H2,1-2H3. The van der Waals surface area contributed by atoms with Crippen molar-refractivity contribution in [3.63, 3.8) is 0 Å². The van der Waals surface area contributed by atoms with Crippen LogP contribution in [-0.4, -0.2) is 33.8 Å². The third kappa shape index (κ3) is 4.33. The van der Waals surface area contributed by atoms with Crippen molar-refractivity contribution in [2.24, 2.45) is 7.05 Å². The van der Waals surface area contributed by atoms with Gasteiger partial charge in [0.05, 0.1) is 5.69 Å². The predicted octanol–water partition coefficient (Wildman–Crippen LogP) is 1.88. The van der Waals surface area contributed by atoms with Crippen LogP contribution in [-0.2, 0) is 13.5 Å². The van der Waals surface area contributed by atoms with Crippen LogP contribution in [0.5, 0.6) is 0 Å². The lowest BCUT2D eigenvalue weighted by molar-refractivity contribution is 0.607. The summed E-state index contributed by atoms with van der Waals surface area (Å²) in [6.45, 7) is 0. The van der Waals surface area contributed by atoms with Gasteiger partial charge in [-0.05, 0) is 31.3 Å². The second-order valence-electron chi connectivity index (χ2n) is 4.34. The minimum absolute atomic E-state index is 0.200. The first-order chi connectivity index (χ1) is 9.17. The van der Waals surface area contributed by atoms with Gasteiger partial charge in [-0.2, -0.15) is 0 Å². The molecule has 0 spiro atoms. The van der Waals surface area contributed by atoms with E-state index in [0.29, 0.717) is 6.04 Å². The van der Waals surface area contributed by atoms with Gasteiger partial charge in [0.15, 0.2) is 0 Å². The SMILES string of the molecule is CNC(CSc1ccc(F)cc1)Cc1cn(C)nn1. The first kappa shape index (κ1) is 14.0. The molecule has 1 aromatic carbocycles. The Bertz CT molecular complexity index is 512. The van der Waals surface area contributed by atoms with E-state index in [4.69, 9.17) is 0 Å². The first-order valence-electron chi connectivity index (χ1n) is 6.08. The van der Waals surface area contributed by atoms with E-state index in [2.05, 4.69) is 15.6 Å². The van der Waals surface area contributed by atoms with Crippen LogP contribution in [0.25, 0.3) is 0 Å². The molecule has 1 aromatic heterocycles. The summed E-state index contributed by atoms with van der Waals surface area (Å²) in [5.41, 5.74) is 0.974. The number of nitrogens with one attached hydrogen (secondary N) is 1. The van der Waals surface area contributed by atoms with E-state index >= 15 is 0 Å². The summed E-state index contributed by atoms with van der Waals surface area (Å²) < 4.78 is 14.5. The number of aryl methyl sites for hydroxylation is 1. The topological polar surface area (TPSA) is 42.7 Å². The Morgan fingerprint density at radius 1 is 1.37 bits per heavy atom. The van der Waals surface area contributed by atoms with Crippen LogP contribution in [0.4, 0.5) is 4.39 Å². The van der Waals surface area contributed by atoms with Gasteiger partial charge in [-0.15, -0.1) is 16.9 Å². The van der Waals surface area contributed by atoms with Gasteiger partial charge < -0.3 is 5.32 Å². The second kappa shape index (κ2) is 6.68. The molecule has 0 aliphatic rings. The van der Waals surface area contributed by atoms with Crippen molar-refractivity contribution in [3.05, 3.63) is 42.0 Å². The van der Waals surface area contributed by atoms with Gasteiger partial charge >= 0.3 is 0 Å². The van der Waals surface area contributed by atoms with Crippen LogP contribution in [0.2, 0.25) is 0 Å². The van der Waals surface area contributed by atoms with E-state index in [0.717, 1.165) is 22.8 Å². The molecule has 0 aliphatic carbocycles. The molecule has 1 heterocycles. The highest BCUT2D eigenvalue weighted by Crippen LogP contribution is 2.19. The second-order valence-corrected chi connectivity index (χ2v) is 5.43. The molecule has 19 heavy (non-hydrogen) atoms. The smallest absolute Gasteiger partial charge is 0.123 e. The number of thioether (sulfide) groups is 1. The monoisotopic (exact) mass is 280 g/mol. The Kier molecular flexibility index (Phi) is 4.93. The Labute approximate surface area is 116 Å². The number of nitrogens with zero attached hydrogens (tertiary/aromatic N) is 3. The third-order valence-electron chi connectivity index (χ3n) is 2.78. The zero-order valence-corrected chi connectivity index (χ0v) is 11.8. The third-order valence-corrected chi connectivity index (χ3v) is 3.95. The van der Waals surface area contributed by atoms with E-state index in [1.54, 1.807) is 28.6 Å². The predicted molar refractivity (Wildman–Crippen MR) is 74.7 cm³/mol. The lowest BCUT2D eigenvalue weighted by Gasteiger charge is -2.14. The highest BCUT2D eigenvalue weighted by molar-refractivity contribution is 7.99. The maximum Gasteiger partial charge on any atom is 0.123 e. The number of benzene rings is 1. The maximum absolute atomic E-state index is 12.8. The van der Waals surface area contributed by atoms with Gasteiger partial charge in [0, 0.05) is 36.4 Å². The molecule has 0 fully saturated rings. The summed E-state index contributed by atoms with van der Waals surface area (Å²) in [5, 5.41) is 11.3. The van der Waals surface area contributed by atoms with E-state index in [-0.39, 0.29) is 5.82 Å².